The molecular formula is C16H16N4O6. The number of anilines is 1. The van der Waals surface area contributed by atoms with E-state index in [-0.39, 0.29) is 24.4 Å². The Bertz CT molecular complexity index is 929. The number of aromatic amines is 1. The van der Waals surface area contributed by atoms with Gasteiger partial charge in [0, 0.05) is 36.5 Å². The Balaban J connectivity index is 1.88. The van der Waals surface area contributed by atoms with Crippen molar-refractivity contribution in [1.29, 1.82) is 0 Å². The SMILES string of the molecule is O=C(O)CNC(=O)c1ccc(NC(=O)CCn2ccc(=O)[nH]c2=O)cc1. The Hall–Kier alpha value is -3.69. The van der Waals surface area contributed by atoms with Gasteiger partial charge in [0.2, 0.25) is 5.91 Å². The summed E-state index contributed by atoms with van der Waals surface area (Å²) in [7, 11) is 0. The Morgan fingerprint density at radius 2 is 1.77 bits per heavy atom. The van der Waals surface area contributed by atoms with Crippen molar-refractivity contribution >= 4 is 23.5 Å². The van der Waals surface area contributed by atoms with Crippen molar-refractivity contribution in [3.8, 4) is 0 Å². The number of rotatable bonds is 7. The number of aromatic nitrogens is 2. The molecule has 1 aromatic heterocycles. The van der Waals surface area contributed by atoms with Gasteiger partial charge in [0.15, 0.2) is 0 Å². The van der Waals surface area contributed by atoms with Crippen molar-refractivity contribution in [1.82, 2.24) is 14.9 Å². The van der Waals surface area contributed by atoms with Crippen LogP contribution in [-0.2, 0) is 16.1 Å². The van der Waals surface area contributed by atoms with Crippen LogP contribution in [-0.4, -0.2) is 39.0 Å². The van der Waals surface area contributed by atoms with E-state index in [4.69, 9.17) is 5.11 Å². The van der Waals surface area contributed by atoms with Crippen molar-refractivity contribution in [3.05, 3.63) is 62.9 Å². The minimum absolute atomic E-state index is 0.00675. The summed E-state index contributed by atoms with van der Waals surface area (Å²) in [6.07, 6.45) is 1.31. The molecule has 4 N–H and O–H groups in total. The molecule has 0 radical (unpaired) electrons. The number of carboxylic acids is 1. The van der Waals surface area contributed by atoms with Gasteiger partial charge in [0.25, 0.3) is 11.5 Å². The summed E-state index contributed by atoms with van der Waals surface area (Å²) in [6, 6.07) is 7.07. The molecule has 10 nitrogen and oxygen atoms in total. The lowest BCUT2D eigenvalue weighted by Crippen LogP contribution is -2.30. The van der Waals surface area contributed by atoms with Gasteiger partial charge in [0.05, 0.1) is 0 Å². The number of H-pyrrole nitrogens is 1. The van der Waals surface area contributed by atoms with E-state index in [9.17, 15) is 24.0 Å². The quantitative estimate of drug-likeness (QED) is 0.517. The average molecular weight is 360 g/mol. The van der Waals surface area contributed by atoms with Gasteiger partial charge < -0.3 is 20.3 Å². The molecule has 2 amide bonds. The summed E-state index contributed by atoms with van der Waals surface area (Å²) in [5.74, 6) is -2.04. The molecule has 136 valence electrons. The van der Waals surface area contributed by atoms with Gasteiger partial charge in [0.1, 0.15) is 6.54 Å². The summed E-state index contributed by atoms with van der Waals surface area (Å²) >= 11 is 0. The third-order valence-electron chi connectivity index (χ3n) is 3.31. The first-order chi connectivity index (χ1) is 12.3. The van der Waals surface area contributed by atoms with Gasteiger partial charge in [-0.25, -0.2) is 4.79 Å². The zero-order chi connectivity index (χ0) is 19.1. The third kappa shape index (κ3) is 5.44. The summed E-state index contributed by atoms with van der Waals surface area (Å²) in [5.41, 5.74) is -0.409. The van der Waals surface area contributed by atoms with Crippen molar-refractivity contribution in [2.75, 3.05) is 11.9 Å². The number of hydrogen-bond donors (Lipinski definition) is 4. The molecule has 10 heteroatoms. The Morgan fingerprint density at radius 3 is 2.38 bits per heavy atom. The molecule has 0 aliphatic rings. The number of benzene rings is 1. The fraction of sp³-hybridized carbons (Fsp3) is 0.188. The summed E-state index contributed by atoms with van der Waals surface area (Å²) < 4.78 is 1.21. The lowest BCUT2D eigenvalue weighted by Gasteiger charge is -2.08. The number of carbonyl (C=O) groups excluding carboxylic acids is 2. The van der Waals surface area contributed by atoms with E-state index in [1.165, 1.54) is 41.1 Å². The standard InChI is InChI=1S/C16H16N4O6/c21-12(5-7-20-8-6-13(22)19-16(20)26)18-11-3-1-10(2-4-11)15(25)17-9-14(23)24/h1-4,6,8H,5,7,9H2,(H,17,25)(H,18,21)(H,23,24)(H,19,22,26). The first-order valence-corrected chi connectivity index (χ1v) is 7.55. The molecule has 0 fully saturated rings. The Kier molecular flexibility index (Phi) is 6.04. The minimum Gasteiger partial charge on any atom is -0.480 e. The monoisotopic (exact) mass is 360 g/mol. The molecule has 0 unspecified atom stereocenters. The summed E-state index contributed by atoms with van der Waals surface area (Å²) in [5, 5.41) is 13.3. The van der Waals surface area contributed by atoms with Gasteiger partial charge in [-0.2, -0.15) is 0 Å². The van der Waals surface area contributed by atoms with Crippen molar-refractivity contribution in [2.45, 2.75) is 13.0 Å². The molecule has 2 aromatic rings. The lowest BCUT2D eigenvalue weighted by atomic mass is 10.2. The van der Waals surface area contributed by atoms with Crippen LogP contribution in [0, 0.1) is 0 Å². The van der Waals surface area contributed by atoms with E-state index in [1.54, 1.807) is 0 Å². The maximum absolute atomic E-state index is 11.9. The molecule has 0 saturated carbocycles. The van der Waals surface area contributed by atoms with Crippen LogP contribution in [0.3, 0.4) is 0 Å². The lowest BCUT2D eigenvalue weighted by molar-refractivity contribution is -0.135. The molecular weight excluding hydrogens is 344 g/mol. The van der Waals surface area contributed by atoms with E-state index in [1.807, 2.05) is 0 Å². The molecule has 0 spiro atoms. The van der Waals surface area contributed by atoms with Crippen LogP contribution in [0.1, 0.15) is 16.8 Å². The molecule has 1 heterocycles. The number of carbonyl (C=O) groups is 3. The van der Waals surface area contributed by atoms with Crippen molar-refractivity contribution in [3.63, 3.8) is 0 Å². The minimum atomic E-state index is -1.15. The Labute approximate surface area is 146 Å². The number of amides is 2. The van der Waals surface area contributed by atoms with E-state index in [0.29, 0.717) is 5.69 Å². The predicted molar refractivity (Wildman–Crippen MR) is 91.0 cm³/mol. The number of carboxylic acid groups (broad SMARTS) is 1. The van der Waals surface area contributed by atoms with E-state index in [0.717, 1.165) is 0 Å². The maximum Gasteiger partial charge on any atom is 0.328 e. The molecule has 2 rings (SSSR count). The van der Waals surface area contributed by atoms with Gasteiger partial charge in [-0.3, -0.25) is 24.2 Å². The van der Waals surface area contributed by atoms with Gasteiger partial charge in [-0.1, -0.05) is 0 Å². The number of aliphatic carboxylic acids is 1. The number of nitrogens with zero attached hydrogens (tertiary/aromatic N) is 1. The van der Waals surface area contributed by atoms with Crippen LogP contribution < -0.4 is 21.9 Å². The van der Waals surface area contributed by atoms with Crippen molar-refractivity contribution < 1.29 is 19.5 Å². The molecule has 26 heavy (non-hydrogen) atoms. The first-order valence-electron chi connectivity index (χ1n) is 7.55. The molecule has 1 aromatic carbocycles. The first kappa shape index (κ1) is 18.6. The van der Waals surface area contributed by atoms with Crippen molar-refractivity contribution in [2.24, 2.45) is 0 Å². The van der Waals surface area contributed by atoms with Crippen LogP contribution in [0.4, 0.5) is 5.69 Å². The second-order valence-corrected chi connectivity index (χ2v) is 5.26. The number of nitrogens with one attached hydrogen (secondary N) is 3. The van der Waals surface area contributed by atoms with Crippen LogP contribution in [0.15, 0.2) is 46.1 Å². The second-order valence-electron chi connectivity index (χ2n) is 5.26. The molecule has 0 atom stereocenters. The predicted octanol–water partition coefficient (Wildman–Crippen LogP) is -0.620. The Morgan fingerprint density at radius 1 is 1.08 bits per heavy atom. The summed E-state index contributed by atoms with van der Waals surface area (Å²) in [4.78, 5) is 58.6. The fourth-order valence-electron chi connectivity index (χ4n) is 2.03. The summed E-state index contributed by atoms with van der Waals surface area (Å²) in [6.45, 7) is -0.390. The second kappa shape index (κ2) is 8.42. The van der Waals surface area contributed by atoms with E-state index < -0.39 is 29.7 Å². The fourth-order valence-corrected chi connectivity index (χ4v) is 2.03. The van der Waals surface area contributed by atoms with Crippen LogP contribution in [0.5, 0.6) is 0 Å². The van der Waals surface area contributed by atoms with Crippen LogP contribution in [0.25, 0.3) is 0 Å². The largest absolute Gasteiger partial charge is 0.480 e. The number of aryl methyl sites for hydroxylation is 1. The molecule has 0 saturated heterocycles. The van der Waals surface area contributed by atoms with Gasteiger partial charge in [-0.05, 0) is 24.3 Å². The zero-order valence-electron chi connectivity index (χ0n) is 13.5. The highest BCUT2D eigenvalue weighted by atomic mass is 16.4. The molecule has 0 aliphatic carbocycles. The molecule has 0 bridgehead atoms. The van der Waals surface area contributed by atoms with Gasteiger partial charge >= 0.3 is 11.7 Å². The smallest absolute Gasteiger partial charge is 0.328 e. The van der Waals surface area contributed by atoms with Crippen LogP contribution in [0.2, 0.25) is 0 Å². The molecule has 0 aliphatic heterocycles. The highest BCUT2D eigenvalue weighted by Crippen LogP contribution is 2.10. The third-order valence-corrected chi connectivity index (χ3v) is 3.31. The average Bonchev–Trinajstić information content (AvgIpc) is 2.59. The maximum atomic E-state index is 11.9. The normalized spacial score (nSPS) is 10.2. The van der Waals surface area contributed by atoms with Crippen LogP contribution >= 0.6 is 0 Å². The topological polar surface area (TPSA) is 150 Å². The number of hydrogen-bond acceptors (Lipinski definition) is 5. The zero-order valence-corrected chi connectivity index (χ0v) is 13.5. The highest BCUT2D eigenvalue weighted by molar-refractivity contribution is 5.97. The highest BCUT2D eigenvalue weighted by Gasteiger charge is 2.08. The van der Waals surface area contributed by atoms with Gasteiger partial charge in [-0.15, -0.1) is 0 Å². The van der Waals surface area contributed by atoms with E-state index >= 15 is 0 Å². The van der Waals surface area contributed by atoms with E-state index in [2.05, 4.69) is 15.6 Å².